The number of phenolic OH excluding ortho intramolecular Hbond substituents is 1. The molecule has 4 aliphatic carbocycles. The molecule has 0 unspecified atom stereocenters. The van der Waals surface area contributed by atoms with E-state index in [1.165, 1.54) is 22.5 Å². The molecule has 1 heterocycles. The lowest BCUT2D eigenvalue weighted by atomic mass is 9.47. The van der Waals surface area contributed by atoms with Gasteiger partial charge in [0.05, 0.1) is 16.2 Å². The van der Waals surface area contributed by atoms with Gasteiger partial charge in [-0.15, -0.1) is 0 Å². The highest BCUT2D eigenvalue weighted by Crippen LogP contribution is 2.62. The Hall–Kier alpha value is -1.64. The van der Waals surface area contributed by atoms with Crippen LogP contribution in [0, 0.1) is 17.3 Å². The summed E-state index contributed by atoms with van der Waals surface area (Å²) in [6.45, 7) is 0.997. The van der Waals surface area contributed by atoms with Gasteiger partial charge in [0.25, 0.3) is 0 Å². The summed E-state index contributed by atoms with van der Waals surface area (Å²) in [4.78, 5) is 13.0. The first-order valence-electron chi connectivity index (χ1n) is 11.5. The molecular weight excluding hydrogens is 416 g/mol. The summed E-state index contributed by atoms with van der Waals surface area (Å²) in [5.74, 6) is 0.611. The largest absolute Gasteiger partial charge is 0.506 e. The molecule has 0 spiro atoms. The van der Waals surface area contributed by atoms with E-state index in [1.54, 1.807) is 0 Å². The van der Waals surface area contributed by atoms with Crippen LogP contribution in [0.4, 0.5) is 5.69 Å². The first-order chi connectivity index (χ1) is 14.7. The third kappa shape index (κ3) is 3.98. The van der Waals surface area contributed by atoms with E-state index in [0.29, 0.717) is 37.8 Å². The summed E-state index contributed by atoms with van der Waals surface area (Å²) in [6, 6.07) is 4.09. The van der Waals surface area contributed by atoms with Crippen molar-refractivity contribution >= 4 is 21.6 Å². The van der Waals surface area contributed by atoms with Crippen LogP contribution >= 0.6 is 0 Å². The van der Waals surface area contributed by atoms with Crippen molar-refractivity contribution in [2.75, 3.05) is 18.4 Å². The first kappa shape index (κ1) is 21.2. The standard InChI is InChI=1S/C23H32N2O5S/c26-20-5-4-18(31(29,30)25-6-2-1-3-7-25)9-19(20)24-21(27)14-22-10-16-8-17(11-22)13-23(28,12-16)15-22/h4-5,9,16-17,26,28H,1-3,6-8,10-15H2,(H,24,27)/t16-,17-,22?,23?/m1/s1. The average molecular weight is 449 g/mol. The molecule has 4 saturated carbocycles. The fourth-order valence-corrected chi connectivity index (χ4v) is 8.72. The molecule has 5 fully saturated rings. The number of hydrogen-bond acceptors (Lipinski definition) is 5. The summed E-state index contributed by atoms with van der Waals surface area (Å²) in [5.41, 5.74) is -0.683. The second-order valence-electron chi connectivity index (χ2n) is 10.6. The normalized spacial score (nSPS) is 35.3. The van der Waals surface area contributed by atoms with Gasteiger partial charge in [0, 0.05) is 19.5 Å². The van der Waals surface area contributed by atoms with Crippen LogP contribution in [0.5, 0.6) is 5.75 Å². The third-order valence-corrected chi connectivity index (χ3v) is 9.78. The number of benzene rings is 1. The van der Waals surface area contributed by atoms with E-state index >= 15 is 0 Å². The molecule has 1 aromatic carbocycles. The van der Waals surface area contributed by atoms with E-state index in [1.807, 2.05) is 0 Å². The number of carbonyl (C=O) groups is 1. The van der Waals surface area contributed by atoms with Crippen molar-refractivity contribution in [3.8, 4) is 5.75 Å². The minimum absolute atomic E-state index is 0.0895. The zero-order valence-corrected chi connectivity index (χ0v) is 18.7. The molecule has 1 amide bonds. The lowest BCUT2D eigenvalue weighted by molar-refractivity contribution is -0.167. The molecule has 3 N–H and O–H groups in total. The van der Waals surface area contributed by atoms with Crippen LogP contribution in [-0.4, -0.2) is 47.5 Å². The average Bonchev–Trinajstić information content (AvgIpc) is 2.68. The summed E-state index contributed by atoms with van der Waals surface area (Å²) in [7, 11) is -3.65. The minimum Gasteiger partial charge on any atom is -0.506 e. The number of hydrogen-bond donors (Lipinski definition) is 3. The van der Waals surface area contributed by atoms with Crippen molar-refractivity contribution in [2.24, 2.45) is 17.3 Å². The van der Waals surface area contributed by atoms with Gasteiger partial charge < -0.3 is 15.5 Å². The Morgan fingerprint density at radius 2 is 1.77 bits per heavy atom. The molecule has 2 atom stereocenters. The van der Waals surface area contributed by atoms with Crippen molar-refractivity contribution < 1.29 is 23.4 Å². The Kier molecular flexibility index (Phi) is 5.10. The van der Waals surface area contributed by atoms with E-state index in [0.717, 1.165) is 51.4 Å². The molecule has 1 aliphatic heterocycles. The molecule has 6 rings (SSSR count). The molecule has 1 aromatic rings. The molecule has 0 radical (unpaired) electrons. The quantitative estimate of drug-likeness (QED) is 0.600. The van der Waals surface area contributed by atoms with E-state index in [9.17, 15) is 23.4 Å². The van der Waals surface area contributed by atoms with E-state index in [4.69, 9.17) is 0 Å². The van der Waals surface area contributed by atoms with Crippen LogP contribution in [0.3, 0.4) is 0 Å². The Balaban J connectivity index is 1.32. The van der Waals surface area contributed by atoms with Gasteiger partial charge in [0.2, 0.25) is 15.9 Å². The van der Waals surface area contributed by atoms with Gasteiger partial charge in [-0.2, -0.15) is 4.31 Å². The Morgan fingerprint density at radius 1 is 1.10 bits per heavy atom. The molecule has 8 heteroatoms. The van der Waals surface area contributed by atoms with Crippen molar-refractivity contribution in [2.45, 2.75) is 74.7 Å². The van der Waals surface area contributed by atoms with Crippen LogP contribution in [0.1, 0.15) is 64.2 Å². The fourth-order valence-electron chi connectivity index (χ4n) is 7.17. The molecule has 4 bridgehead atoms. The SMILES string of the molecule is O=C(CC12C[C@H]3C[C@@H](CC(O)(C3)C1)C2)Nc1cc(S(=O)(=O)N2CCCCC2)ccc1O. The number of phenols is 1. The summed E-state index contributed by atoms with van der Waals surface area (Å²) < 4.78 is 27.4. The predicted molar refractivity (Wildman–Crippen MR) is 116 cm³/mol. The van der Waals surface area contributed by atoms with Crippen LogP contribution in [0.2, 0.25) is 0 Å². The second-order valence-corrected chi connectivity index (χ2v) is 12.5. The first-order valence-corrected chi connectivity index (χ1v) is 13.0. The number of nitrogens with zero attached hydrogens (tertiary/aromatic N) is 1. The number of carbonyl (C=O) groups excluding carboxylic acids is 1. The van der Waals surface area contributed by atoms with Crippen LogP contribution < -0.4 is 5.32 Å². The zero-order chi connectivity index (χ0) is 21.9. The molecule has 31 heavy (non-hydrogen) atoms. The number of nitrogens with one attached hydrogen (secondary N) is 1. The highest BCUT2D eigenvalue weighted by molar-refractivity contribution is 7.89. The number of aromatic hydroxyl groups is 1. The smallest absolute Gasteiger partial charge is 0.243 e. The van der Waals surface area contributed by atoms with Gasteiger partial charge in [0.15, 0.2) is 0 Å². The van der Waals surface area contributed by atoms with Crippen LogP contribution in [-0.2, 0) is 14.8 Å². The van der Waals surface area contributed by atoms with E-state index in [-0.39, 0.29) is 27.7 Å². The van der Waals surface area contributed by atoms with Crippen LogP contribution in [0.25, 0.3) is 0 Å². The van der Waals surface area contributed by atoms with Crippen LogP contribution in [0.15, 0.2) is 23.1 Å². The molecule has 1 saturated heterocycles. The highest BCUT2D eigenvalue weighted by atomic mass is 32.2. The second kappa shape index (κ2) is 7.46. The van der Waals surface area contributed by atoms with Gasteiger partial charge in [-0.05, 0) is 86.8 Å². The van der Waals surface area contributed by atoms with E-state index in [2.05, 4.69) is 5.32 Å². The molecule has 5 aliphatic rings. The van der Waals surface area contributed by atoms with Gasteiger partial charge in [0.1, 0.15) is 5.75 Å². The van der Waals surface area contributed by atoms with Crippen molar-refractivity contribution in [3.05, 3.63) is 18.2 Å². The number of sulfonamides is 1. The lowest BCUT2D eigenvalue weighted by Crippen LogP contribution is -2.56. The van der Waals surface area contributed by atoms with Gasteiger partial charge >= 0.3 is 0 Å². The molecular formula is C23H32N2O5S. The number of amides is 1. The van der Waals surface area contributed by atoms with Crippen molar-refractivity contribution in [1.29, 1.82) is 0 Å². The summed E-state index contributed by atoms with van der Waals surface area (Å²) in [6.07, 6.45) is 8.47. The van der Waals surface area contributed by atoms with Gasteiger partial charge in [-0.1, -0.05) is 6.42 Å². The molecule has 170 valence electrons. The summed E-state index contributed by atoms with van der Waals surface area (Å²) >= 11 is 0. The molecule has 7 nitrogen and oxygen atoms in total. The lowest BCUT2D eigenvalue weighted by Gasteiger charge is -2.60. The van der Waals surface area contributed by atoms with Gasteiger partial charge in [-0.25, -0.2) is 8.42 Å². The highest BCUT2D eigenvalue weighted by Gasteiger charge is 2.57. The Labute approximate surface area is 183 Å². The fraction of sp³-hybridized carbons (Fsp3) is 0.696. The monoisotopic (exact) mass is 448 g/mol. The zero-order valence-electron chi connectivity index (χ0n) is 17.8. The predicted octanol–water partition coefficient (Wildman–Crippen LogP) is 3.23. The minimum atomic E-state index is -3.65. The third-order valence-electron chi connectivity index (χ3n) is 7.88. The topological polar surface area (TPSA) is 107 Å². The van der Waals surface area contributed by atoms with E-state index < -0.39 is 15.6 Å². The van der Waals surface area contributed by atoms with Crippen molar-refractivity contribution in [3.63, 3.8) is 0 Å². The van der Waals surface area contributed by atoms with Gasteiger partial charge in [-0.3, -0.25) is 4.79 Å². The number of piperidine rings is 1. The number of aliphatic hydroxyl groups is 1. The maximum absolute atomic E-state index is 13.0. The number of rotatable bonds is 5. The van der Waals surface area contributed by atoms with Crippen molar-refractivity contribution in [1.82, 2.24) is 4.31 Å². The molecule has 0 aromatic heterocycles. The maximum atomic E-state index is 13.0. The Bertz CT molecular complexity index is 972. The summed E-state index contributed by atoms with van der Waals surface area (Å²) in [5, 5.41) is 23.9. The maximum Gasteiger partial charge on any atom is 0.243 e. The number of anilines is 1. The Morgan fingerprint density at radius 3 is 2.42 bits per heavy atom.